The van der Waals surface area contributed by atoms with Crippen LogP contribution in [0.1, 0.15) is 16.8 Å². The van der Waals surface area contributed by atoms with Crippen LogP contribution in [0.25, 0.3) is 0 Å². The van der Waals surface area contributed by atoms with Crippen LogP contribution in [0.2, 0.25) is 0 Å². The number of nitrogens with zero attached hydrogens (tertiary/aromatic N) is 1. The highest BCUT2D eigenvalue weighted by Gasteiger charge is 2.59. The Balaban J connectivity index is 1.41. The molecule has 1 saturated heterocycles. The van der Waals surface area contributed by atoms with Gasteiger partial charge in [0.15, 0.2) is 0 Å². The fraction of sp³-hybridized carbons (Fsp3) is 0.261. The average molecular weight is 388 g/mol. The van der Waals surface area contributed by atoms with Gasteiger partial charge in [-0.15, -0.1) is 0 Å². The molecule has 5 rings (SSSR count). The molecule has 1 saturated carbocycles. The molecule has 3 amide bonds. The molecule has 0 unspecified atom stereocenters. The van der Waals surface area contributed by atoms with Crippen molar-refractivity contribution in [3.63, 3.8) is 0 Å². The van der Waals surface area contributed by atoms with E-state index < -0.39 is 0 Å². The van der Waals surface area contributed by atoms with Gasteiger partial charge in [0.05, 0.1) is 30.3 Å². The zero-order valence-electron chi connectivity index (χ0n) is 15.9. The molecule has 3 aliphatic rings. The number of nitrogens with one attached hydrogen (secondary N) is 1. The summed E-state index contributed by atoms with van der Waals surface area (Å²) in [5.41, 5.74) is 1.37. The first-order valence-corrected chi connectivity index (χ1v) is 9.69. The van der Waals surface area contributed by atoms with Crippen LogP contribution in [0.4, 0.5) is 11.4 Å². The van der Waals surface area contributed by atoms with Gasteiger partial charge in [-0.2, -0.15) is 0 Å². The van der Waals surface area contributed by atoms with E-state index in [0.29, 0.717) is 22.7 Å². The van der Waals surface area contributed by atoms with Gasteiger partial charge in [-0.3, -0.25) is 14.4 Å². The molecule has 2 aromatic rings. The fourth-order valence-corrected chi connectivity index (χ4v) is 4.89. The summed E-state index contributed by atoms with van der Waals surface area (Å²) in [5.74, 6) is -0.299. The second-order valence-corrected chi connectivity index (χ2v) is 7.72. The van der Waals surface area contributed by atoms with E-state index in [0.717, 1.165) is 6.42 Å². The molecule has 146 valence electrons. The maximum atomic E-state index is 13.0. The highest BCUT2D eigenvalue weighted by molar-refractivity contribution is 6.23. The topological polar surface area (TPSA) is 75.7 Å². The van der Waals surface area contributed by atoms with Crippen molar-refractivity contribution in [3.05, 3.63) is 66.2 Å². The summed E-state index contributed by atoms with van der Waals surface area (Å²) in [5, 5.41) is 2.82. The highest BCUT2D eigenvalue weighted by atomic mass is 16.5. The molecule has 29 heavy (non-hydrogen) atoms. The quantitative estimate of drug-likeness (QED) is 0.644. The van der Waals surface area contributed by atoms with Crippen LogP contribution in [-0.2, 0) is 9.59 Å². The number of ether oxygens (including phenoxy) is 1. The van der Waals surface area contributed by atoms with Crippen LogP contribution < -0.4 is 15.0 Å². The van der Waals surface area contributed by atoms with E-state index in [1.54, 1.807) is 42.5 Å². The molecular weight excluding hydrogens is 368 g/mol. The smallest absolute Gasteiger partial charge is 0.255 e. The molecule has 4 atom stereocenters. The fourth-order valence-electron chi connectivity index (χ4n) is 4.89. The molecule has 0 radical (unpaired) electrons. The molecule has 2 bridgehead atoms. The Kier molecular flexibility index (Phi) is 4.01. The number of fused-ring (bicyclic) bond motifs is 5. The largest absolute Gasteiger partial charge is 0.495 e. The van der Waals surface area contributed by atoms with Gasteiger partial charge in [0.1, 0.15) is 5.75 Å². The molecule has 6 heteroatoms. The van der Waals surface area contributed by atoms with Gasteiger partial charge >= 0.3 is 0 Å². The molecule has 2 aromatic carbocycles. The minimum absolute atomic E-state index is 0.154. The number of benzene rings is 2. The summed E-state index contributed by atoms with van der Waals surface area (Å²) in [6.45, 7) is 0. The standard InChI is InChI=1S/C23H20N2O4/c1-29-18-8-3-2-7-17(18)24-21(26)15-5-4-6-16(12-15)25-22(27)19-13-9-10-14(11-13)20(19)23(25)28/h2-10,12-14,19-20H,11H2,1H3,(H,24,26)/t13-,14-,19+,20+/m0/s1. The number of amides is 3. The molecular formula is C23H20N2O4. The number of allylic oxidation sites excluding steroid dienone is 2. The van der Waals surface area contributed by atoms with E-state index in [9.17, 15) is 14.4 Å². The molecule has 6 nitrogen and oxygen atoms in total. The van der Waals surface area contributed by atoms with Gasteiger partial charge in [-0.1, -0.05) is 30.4 Å². The lowest BCUT2D eigenvalue weighted by molar-refractivity contribution is -0.123. The van der Waals surface area contributed by atoms with Crippen molar-refractivity contribution < 1.29 is 19.1 Å². The van der Waals surface area contributed by atoms with Crippen LogP contribution in [0.5, 0.6) is 5.75 Å². The van der Waals surface area contributed by atoms with Crippen molar-refractivity contribution in [1.82, 2.24) is 0 Å². The molecule has 2 aliphatic carbocycles. The van der Waals surface area contributed by atoms with Gasteiger partial charge in [-0.05, 0) is 48.6 Å². The summed E-state index contributed by atoms with van der Waals surface area (Å²) >= 11 is 0. The van der Waals surface area contributed by atoms with Gasteiger partial charge in [0.25, 0.3) is 5.91 Å². The number of hydrogen-bond donors (Lipinski definition) is 1. The molecule has 1 aliphatic heterocycles. The summed E-state index contributed by atoms with van der Waals surface area (Å²) in [6.07, 6.45) is 5.03. The van der Waals surface area contributed by atoms with Gasteiger partial charge < -0.3 is 10.1 Å². The first-order chi connectivity index (χ1) is 14.1. The third-order valence-electron chi connectivity index (χ3n) is 6.19. The number of carbonyl (C=O) groups is 3. The second kappa shape index (κ2) is 6.58. The molecule has 1 heterocycles. The zero-order valence-corrected chi connectivity index (χ0v) is 15.9. The van der Waals surface area contributed by atoms with E-state index in [-0.39, 0.29) is 41.4 Å². The van der Waals surface area contributed by atoms with Crippen molar-refractivity contribution in [1.29, 1.82) is 0 Å². The Hall–Kier alpha value is -3.41. The Bertz CT molecular complexity index is 1030. The van der Waals surface area contributed by atoms with E-state index in [2.05, 4.69) is 17.5 Å². The van der Waals surface area contributed by atoms with Gasteiger partial charge in [0, 0.05) is 5.56 Å². The van der Waals surface area contributed by atoms with E-state index in [1.165, 1.54) is 12.0 Å². The first kappa shape index (κ1) is 17.7. The van der Waals surface area contributed by atoms with E-state index in [4.69, 9.17) is 4.74 Å². The molecule has 2 fully saturated rings. The summed E-state index contributed by atoms with van der Waals surface area (Å²) in [7, 11) is 1.54. The molecule has 0 spiro atoms. The molecule has 0 aromatic heterocycles. The van der Waals surface area contributed by atoms with Crippen LogP contribution >= 0.6 is 0 Å². The predicted octanol–water partition coefficient (Wildman–Crippen LogP) is 3.26. The van der Waals surface area contributed by atoms with Crippen molar-refractivity contribution in [2.75, 3.05) is 17.3 Å². The Morgan fingerprint density at radius 2 is 1.69 bits per heavy atom. The summed E-state index contributed by atoms with van der Waals surface area (Å²) in [6, 6.07) is 13.8. The number of para-hydroxylation sites is 2. The van der Waals surface area contributed by atoms with Crippen molar-refractivity contribution >= 4 is 29.1 Å². The van der Waals surface area contributed by atoms with Gasteiger partial charge in [-0.25, -0.2) is 4.90 Å². The number of anilines is 2. The highest BCUT2D eigenvalue weighted by Crippen LogP contribution is 2.53. The third kappa shape index (κ3) is 2.67. The number of hydrogen-bond acceptors (Lipinski definition) is 4. The average Bonchev–Trinajstić information content (AvgIpc) is 3.42. The monoisotopic (exact) mass is 388 g/mol. The van der Waals surface area contributed by atoms with Crippen molar-refractivity contribution in [2.45, 2.75) is 6.42 Å². The number of methoxy groups -OCH3 is 1. The lowest BCUT2D eigenvalue weighted by Gasteiger charge is -2.18. The predicted molar refractivity (Wildman–Crippen MR) is 108 cm³/mol. The van der Waals surface area contributed by atoms with Gasteiger partial charge in [0.2, 0.25) is 11.8 Å². The maximum absolute atomic E-state index is 13.0. The lowest BCUT2D eigenvalue weighted by atomic mass is 9.85. The normalized spacial score (nSPS) is 26.7. The van der Waals surface area contributed by atoms with Crippen molar-refractivity contribution in [2.24, 2.45) is 23.7 Å². The Morgan fingerprint density at radius 3 is 2.38 bits per heavy atom. The number of carbonyl (C=O) groups excluding carboxylic acids is 3. The lowest BCUT2D eigenvalue weighted by Crippen LogP contribution is -2.33. The Labute approximate surface area is 168 Å². The second-order valence-electron chi connectivity index (χ2n) is 7.72. The van der Waals surface area contributed by atoms with Crippen LogP contribution in [0.3, 0.4) is 0 Å². The Morgan fingerprint density at radius 1 is 1.00 bits per heavy atom. The van der Waals surface area contributed by atoms with Crippen molar-refractivity contribution in [3.8, 4) is 5.75 Å². The third-order valence-corrected chi connectivity index (χ3v) is 6.19. The van der Waals surface area contributed by atoms with Crippen LogP contribution in [0.15, 0.2) is 60.7 Å². The van der Waals surface area contributed by atoms with E-state index in [1.807, 2.05) is 6.07 Å². The summed E-state index contributed by atoms with van der Waals surface area (Å²) in [4.78, 5) is 40.0. The first-order valence-electron chi connectivity index (χ1n) is 9.69. The van der Waals surface area contributed by atoms with Crippen LogP contribution in [0, 0.1) is 23.7 Å². The number of rotatable bonds is 4. The zero-order chi connectivity index (χ0) is 20.1. The summed E-state index contributed by atoms with van der Waals surface area (Å²) < 4.78 is 5.27. The minimum atomic E-state index is -0.336. The maximum Gasteiger partial charge on any atom is 0.255 e. The van der Waals surface area contributed by atoms with E-state index >= 15 is 0 Å². The number of imide groups is 1. The minimum Gasteiger partial charge on any atom is -0.495 e. The van der Waals surface area contributed by atoms with Crippen LogP contribution in [-0.4, -0.2) is 24.8 Å². The SMILES string of the molecule is COc1ccccc1NC(=O)c1cccc(N2C(=O)[C@H]3[C@H](C2=O)[C@H]2C=C[C@H]3C2)c1. The molecule has 1 N–H and O–H groups in total.